The molecule has 0 aromatic rings. The zero-order valence-electron chi connectivity index (χ0n) is 10.2. The Bertz CT molecular complexity index is 400. The standard InChI is InChI=1S/C14H17BrO2/c1-3-5-6-8-11(7-4-2)14(15)12-9-10-13(16)17-12/h4,7-10H,3,5-6H2,1-2H3/b7-4-,11-8+,14-12-. The van der Waals surface area contributed by atoms with Crippen LogP contribution >= 0.6 is 15.9 Å². The van der Waals surface area contributed by atoms with E-state index in [0.717, 1.165) is 22.9 Å². The van der Waals surface area contributed by atoms with Crippen LogP contribution in [0.15, 0.2) is 46.2 Å². The minimum absolute atomic E-state index is 0.315. The first-order valence-corrected chi connectivity index (χ1v) is 6.61. The Morgan fingerprint density at radius 1 is 1.47 bits per heavy atom. The molecule has 1 aliphatic rings. The molecule has 0 spiro atoms. The summed E-state index contributed by atoms with van der Waals surface area (Å²) >= 11 is 3.48. The van der Waals surface area contributed by atoms with E-state index in [4.69, 9.17) is 4.74 Å². The van der Waals surface area contributed by atoms with E-state index in [1.54, 1.807) is 6.08 Å². The highest BCUT2D eigenvalue weighted by atomic mass is 79.9. The average molecular weight is 297 g/mol. The molecule has 1 aliphatic heterocycles. The summed E-state index contributed by atoms with van der Waals surface area (Å²) < 4.78 is 5.89. The molecular weight excluding hydrogens is 280 g/mol. The van der Waals surface area contributed by atoms with Gasteiger partial charge in [-0.2, -0.15) is 0 Å². The molecule has 0 aliphatic carbocycles. The summed E-state index contributed by atoms with van der Waals surface area (Å²) in [6.07, 6.45) is 12.6. The number of rotatable bonds is 5. The summed E-state index contributed by atoms with van der Waals surface area (Å²) in [5, 5.41) is 0. The van der Waals surface area contributed by atoms with Crippen LogP contribution in [0.2, 0.25) is 0 Å². The number of carbonyl (C=O) groups excluding carboxylic acids is 1. The molecule has 0 fully saturated rings. The summed E-state index contributed by atoms with van der Waals surface area (Å²) in [5.41, 5.74) is 1.05. The van der Waals surface area contributed by atoms with E-state index >= 15 is 0 Å². The topological polar surface area (TPSA) is 26.3 Å². The maximum Gasteiger partial charge on any atom is 0.336 e. The number of unbranched alkanes of at least 4 members (excludes halogenated alkanes) is 2. The van der Waals surface area contributed by atoms with Gasteiger partial charge in [0.1, 0.15) is 5.76 Å². The van der Waals surface area contributed by atoms with Crippen molar-refractivity contribution >= 4 is 21.9 Å². The molecule has 0 unspecified atom stereocenters. The van der Waals surface area contributed by atoms with Gasteiger partial charge in [0.2, 0.25) is 0 Å². The Morgan fingerprint density at radius 3 is 2.76 bits per heavy atom. The van der Waals surface area contributed by atoms with Crippen molar-refractivity contribution in [2.45, 2.75) is 33.1 Å². The second-order valence-corrected chi connectivity index (χ2v) is 4.53. The van der Waals surface area contributed by atoms with Crippen LogP contribution in [-0.2, 0) is 9.53 Å². The van der Waals surface area contributed by atoms with Gasteiger partial charge >= 0.3 is 5.97 Å². The van der Waals surface area contributed by atoms with Crippen molar-refractivity contribution in [3.05, 3.63) is 46.2 Å². The lowest BCUT2D eigenvalue weighted by atomic mass is 10.1. The van der Waals surface area contributed by atoms with Crippen molar-refractivity contribution in [1.82, 2.24) is 0 Å². The Kier molecular flexibility index (Phi) is 5.98. The van der Waals surface area contributed by atoms with Gasteiger partial charge in [-0.15, -0.1) is 0 Å². The van der Waals surface area contributed by atoms with Crippen LogP contribution in [0.4, 0.5) is 0 Å². The summed E-state index contributed by atoms with van der Waals surface area (Å²) in [5.74, 6) is 0.265. The van der Waals surface area contributed by atoms with Crippen molar-refractivity contribution in [2.75, 3.05) is 0 Å². The molecule has 0 N–H and O–H groups in total. The summed E-state index contributed by atoms with van der Waals surface area (Å²) in [7, 11) is 0. The smallest absolute Gasteiger partial charge is 0.336 e. The molecule has 3 heteroatoms. The second-order valence-electron chi connectivity index (χ2n) is 3.73. The first-order chi connectivity index (χ1) is 8.19. The van der Waals surface area contributed by atoms with Crippen LogP contribution in [0.5, 0.6) is 0 Å². The fourth-order valence-corrected chi connectivity index (χ4v) is 1.96. The summed E-state index contributed by atoms with van der Waals surface area (Å²) in [4.78, 5) is 11.0. The molecule has 0 radical (unpaired) electrons. The van der Waals surface area contributed by atoms with Crippen LogP contribution in [-0.4, -0.2) is 5.97 Å². The number of hydrogen-bond donors (Lipinski definition) is 0. The molecule has 0 bridgehead atoms. The molecule has 2 nitrogen and oxygen atoms in total. The number of cyclic esters (lactones) is 1. The van der Waals surface area contributed by atoms with Crippen LogP contribution in [0.3, 0.4) is 0 Å². The van der Waals surface area contributed by atoms with E-state index in [1.807, 2.05) is 19.1 Å². The fraction of sp³-hybridized carbons (Fsp3) is 0.357. The Labute approximate surface area is 111 Å². The van der Waals surface area contributed by atoms with Gasteiger partial charge in [0.25, 0.3) is 0 Å². The average Bonchev–Trinajstić information content (AvgIpc) is 2.74. The zero-order chi connectivity index (χ0) is 12.7. The number of hydrogen-bond acceptors (Lipinski definition) is 2. The van der Waals surface area contributed by atoms with Crippen molar-refractivity contribution < 1.29 is 9.53 Å². The highest BCUT2D eigenvalue weighted by Gasteiger charge is 2.14. The van der Waals surface area contributed by atoms with Gasteiger partial charge in [0.05, 0.1) is 4.48 Å². The van der Waals surface area contributed by atoms with Crippen LogP contribution in [0.25, 0.3) is 0 Å². The van der Waals surface area contributed by atoms with Crippen molar-refractivity contribution in [2.24, 2.45) is 0 Å². The minimum Gasteiger partial charge on any atom is -0.422 e. The predicted octanol–water partition coefficient (Wildman–Crippen LogP) is 4.40. The number of esters is 1. The van der Waals surface area contributed by atoms with Crippen molar-refractivity contribution in [1.29, 1.82) is 0 Å². The minimum atomic E-state index is -0.315. The van der Waals surface area contributed by atoms with Crippen LogP contribution in [0, 0.1) is 0 Å². The molecule has 17 heavy (non-hydrogen) atoms. The van der Waals surface area contributed by atoms with E-state index in [2.05, 4.69) is 28.9 Å². The van der Waals surface area contributed by atoms with Gasteiger partial charge in [-0.3, -0.25) is 0 Å². The highest BCUT2D eigenvalue weighted by Crippen LogP contribution is 2.27. The fourth-order valence-electron chi connectivity index (χ4n) is 1.45. The Hall–Kier alpha value is -1.09. The van der Waals surface area contributed by atoms with Gasteiger partial charge in [0.15, 0.2) is 0 Å². The SMILES string of the molecule is C\C=C/C(=C\CCCC)C(/Br)=C1\C=CC(=O)O1. The highest BCUT2D eigenvalue weighted by molar-refractivity contribution is 9.12. The van der Waals surface area contributed by atoms with Crippen LogP contribution in [0.1, 0.15) is 33.1 Å². The second kappa shape index (κ2) is 7.28. The normalized spacial score (nSPS) is 19.0. The number of ether oxygens (including phenoxy) is 1. The van der Waals surface area contributed by atoms with Gasteiger partial charge in [-0.05, 0) is 40.9 Å². The van der Waals surface area contributed by atoms with Gasteiger partial charge < -0.3 is 4.74 Å². The van der Waals surface area contributed by atoms with E-state index < -0.39 is 0 Å². The molecule has 0 atom stereocenters. The predicted molar refractivity (Wildman–Crippen MR) is 73.6 cm³/mol. The monoisotopic (exact) mass is 296 g/mol. The van der Waals surface area contributed by atoms with Crippen LogP contribution < -0.4 is 0 Å². The van der Waals surface area contributed by atoms with Crippen molar-refractivity contribution in [3.8, 4) is 0 Å². The van der Waals surface area contributed by atoms with Gasteiger partial charge in [0, 0.05) is 6.08 Å². The molecule has 0 saturated carbocycles. The summed E-state index contributed by atoms with van der Waals surface area (Å²) in [6, 6.07) is 0. The molecule has 1 heterocycles. The molecule has 0 saturated heterocycles. The lowest BCUT2D eigenvalue weighted by molar-refractivity contribution is -0.132. The number of allylic oxidation sites excluding steroid dienone is 6. The maximum absolute atomic E-state index is 11.0. The third-order valence-corrected chi connectivity index (χ3v) is 3.17. The maximum atomic E-state index is 11.0. The third-order valence-electron chi connectivity index (χ3n) is 2.32. The van der Waals surface area contributed by atoms with E-state index in [0.29, 0.717) is 5.76 Å². The molecular formula is C14H17BrO2. The Morgan fingerprint density at radius 2 is 2.24 bits per heavy atom. The molecule has 0 aromatic heterocycles. The van der Waals surface area contributed by atoms with E-state index in [-0.39, 0.29) is 5.97 Å². The van der Waals surface area contributed by atoms with E-state index in [9.17, 15) is 4.79 Å². The molecule has 0 amide bonds. The first-order valence-electron chi connectivity index (χ1n) is 5.82. The quantitative estimate of drug-likeness (QED) is 0.427. The van der Waals surface area contributed by atoms with E-state index in [1.165, 1.54) is 12.5 Å². The van der Waals surface area contributed by atoms with Crippen molar-refractivity contribution in [3.63, 3.8) is 0 Å². The lowest BCUT2D eigenvalue weighted by Gasteiger charge is -2.04. The molecule has 1 rings (SSSR count). The largest absolute Gasteiger partial charge is 0.422 e. The number of halogens is 1. The van der Waals surface area contributed by atoms with Gasteiger partial charge in [-0.25, -0.2) is 4.79 Å². The van der Waals surface area contributed by atoms with Gasteiger partial charge in [-0.1, -0.05) is 38.0 Å². The molecule has 92 valence electrons. The lowest BCUT2D eigenvalue weighted by Crippen LogP contribution is -1.93. The number of carbonyl (C=O) groups is 1. The third kappa shape index (κ3) is 4.35. The molecule has 0 aromatic carbocycles. The zero-order valence-corrected chi connectivity index (χ0v) is 11.8. The first kappa shape index (κ1) is 14.0. The summed E-state index contributed by atoms with van der Waals surface area (Å²) in [6.45, 7) is 4.13. The Balaban J connectivity index is 2.87.